The average molecular weight is 868 g/mol. The molecule has 3 rings (SSSR count). The smallest absolute Gasteiger partial charge is 0.386 e. The number of carbonyl (C=O) groups is 4. The highest BCUT2D eigenvalue weighted by Gasteiger charge is 2.50. The Morgan fingerprint density at radius 1 is 1.04 bits per heavy atom. The first-order chi connectivity index (χ1) is 25.3. The summed E-state index contributed by atoms with van der Waals surface area (Å²) in [6.07, 6.45) is -8.60. The number of amides is 2. The summed E-state index contributed by atoms with van der Waals surface area (Å²) in [5.41, 5.74) is 4.18. The number of hydrogen-bond acceptors (Lipinski definition) is 20. The lowest BCUT2D eigenvalue weighted by Crippen LogP contribution is -2.46. The number of aliphatic hydroxyl groups excluding tert-OH is 3. The molecule has 0 aromatic carbocycles. The van der Waals surface area contributed by atoms with Crippen LogP contribution in [0.3, 0.4) is 0 Å². The van der Waals surface area contributed by atoms with Gasteiger partial charge in [0, 0.05) is 30.7 Å². The Balaban J connectivity index is 1.50. The molecule has 0 aliphatic carbocycles. The highest BCUT2D eigenvalue weighted by Crippen LogP contribution is 2.61. The third-order valence-corrected chi connectivity index (χ3v) is 11.3. The van der Waals surface area contributed by atoms with E-state index in [0.717, 1.165) is 24.1 Å². The summed E-state index contributed by atoms with van der Waals surface area (Å²) in [6.45, 7) is 1.20. The van der Waals surface area contributed by atoms with Gasteiger partial charge in [0.2, 0.25) is 17.6 Å². The van der Waals surface area contributed by atoms with Crippen LogP contribution in [-0.2, 0) is 55.5 Å². The van der Waals surface area contributed by atoms with Gasteiger partial charge in [-0.05, 0) is 6.92 Å². The number of aliphatic hydroxyl groups is 3. The van der Waals surface area contributed by atoms with Gasteiger partial charge in [0.1, 0.15) is 42.4 Å². The normalized spacial score (nSPS) is 22.4. The molecule has 26 nitrogen and oxygen atoms in total. The first kappa shape index (κ1) is 46.6. The molecule has 3 unspecified atom stereocenters. The molecule has 30 heteroatoms. The maximum absolute atomic E-state index is 12.6. The summed E-state index contributed by atoms with van der Waals surface area (Å²) in [4.78, 5) is 98.2. The number of nitrogens with zero attached hydrogens (tertiary/aromatic N) is 4. The topological polar surface area (TPSA) is 401 Å². The SMILES string of the molecule is CC(O)C(=O)C(=O)SCCNC(=O)CCNC(=O)[C@H](O)C(C)(C)COP(=O)(O)OP(=O)(O)OC[C@H]1O[C@@H](n2cnc3c(N)ncnc32)[C@H](O)[C@@H]1OP(=O)(O)O. The number of imidazole rings is 1. The molecule has 0 bridgehead atoms. The number of hydrogen-bond donors (Lipinski definition) is 10. The van der Waals surface area contributed by atoms with Crippen molar-refractivity contribution in [1.29, 1.82) is 0 Å². The lowest BCUT2D eigenvalue weighted by molar-refractivity contribution is -0.137. The molecule has 11 N–H and O–H groups in total. The lowest BCUT2D eigenvalue weighted by Gasteiger charge is -2.30. The van der Waals surface area contributed by atoms with Crippen molar-refractivity contribution in [2.24, 2.45) is 5.41 Å². The number of fused-ring (bicyclic) bond motifs is 1. The molecule has 310 valence electrons. The van der Waals surface area contributed by atoms with E-state index in [4.69, 9.17) is 24.6 Å². The van der Waals surface area contributed by atoms with Crippen molar-refractivity contribution in [1.82, 2.24) is 30.2 Å². The van der Waals surface area contributed by atoms with E-state index in [-0.39, 0.29) is 42.2 Å². The molecule has 0 spiro atoms. The number of ketones is 1. The standard InChI is InChI=1S/C25H40N7O19P3S/c1-12(33)16(35)24(39)55-7-6-27-14(34)4-5-28-22(38)19(37)25(2,3)9-48-54(45,46)51-53(43,44)47-8-13-18(50-52(40,41)42)17(36)23(49-13)32-11-31-15-20(26)29-10-30-21(15)32/h10-13,17-19,23,33,36-37H,4-9H2,1-3H3,(H,27,34)(H,28,38)(H,43,44)(H,45,46)(H2,26,29,30)(H2,40,41,42)/t12?,13-,17-,18-,19+,23-/m1/s1. The number of nitrogens with one attached hydrogen (secondary N) is 2. The number of thioether (sulfide) groups is 1. The molecule has 3 heterocycles. The highest BCUT2D eigenvalue weighted by molar-refractivity contribution is 8.15. The van der Waals surface area contributed by atoms with Crippen LogP contribution < -0.4 is 16.4 Å². The quantitative estimate of drug-likeness (QED) is 0.0355. The maximum atomic E-state index is 12.6. The molecular formula is C25H40N7O19P3S. The molecule has 1 saturated heterocycles. The van der Waals surface area contributed by atoms with Crippen LogP contribution in [0, 0.1) is 5.41 Å². The van der Waals surface area contributed by atoms with Gasteiger partial charge in [0.15, 0.2) is 17.7 Å². The van der Waals surface area contributed by atoms with E-state index < -0.39 is 102 Å². The second-order valence-corrected chi connectivity index (χ2v) is 17.5. The number of nitrogens with two attached hydrogens (primary N) is 1. The zero-order valence-electron chi connectivity index (χ0n) is 29.0. The Hall–Kier alpha value is -2.81. The van der Waals surface area contributed by atoms with Gasteiger partial charge in [-0.3, -0.25) is 37.3 Å². The Morgan fingerprint density at radius 3 is 2.33 bits per heavy atom. The number of Topliss-reactive ketones (excluding diaryl/α,β-unsaturated/α-hetero) is 1. The highest BCUT2D eigenvalue weighted by atomic mass is 32.2. The number of phosphoric ester groups is 3. The largest absolute Gasteiger partial charge is 0.481 e. The van der Waals surface area contributed by atoms with Crippen molar-refractivity contribution < 1.29 is 90.4 Å². The molecule has 2 aromatic heterocycles. The van der Waals surface area contributed by atoms with E-state index in [2.05, 4.69) is 34.4 Å². The second-order valence-electron chi connectivity index (χ2n) is 12.2. The lowest BCUT2D eigenvalue weighted by atomic mass is 9.87. The zero-order valence-corrected chi connectivity index (χ0v) is 32.5. The Bertz CT molecular complexity index is 1860. The van der Waals surface area contributed by atoms with Crippen LogP contribution in [0.2, 0.25) is 0 Å². The molecule has 0 radical (unpaired) electrons. The van der Waals surface area contributed by atoms with Crippen LogP contribution in [0.1, 0.15) is 33.4 Å². The van der Waals surface area contributed by atoms with Crippen molar-refractivity contribution in [3.8, 4) is 0 Å². The second kappa shape index (κ2) is 19.1. The van der Waals surface area contributed by atoms with Gasteiger partial charge in [-0.25, -0.2) is 28.6 Å². The third-order valence-electron chi connectivity index (χ3n) is 7.32. The van der Waals surface area contributed by atoms with E-state index in [9.17, 15) is 62.7 Å². The number of aromatic nitrogens is 4. The summed E-state index contributed by atoms with van der Waals surface area (Å²) >= 11 is 0.597. The van der Waals surface area contributed by atoms with Crippen LogP contribution >= 0.6 is 35.2 Å². The monoisotopic (exact) mass is 867 g/mol. The molecule has 1 aliphatic rings. The Labute approximate surface area is 314 Å². The number of rotatable bonds is 21. The summed E-state index contributed by atoms with van der Waals surface area (Å²) in [6, 6.07) is 0. The van der Waals surface area contributed by atoms with Crippen molar-refractivity contribution in [2.45, 2.75) is 63.9 Å². The van der Waals surface area contributed by atoms with Crippen LogP contribution in [0.15, 0.2) is 12.7 Å². The molecule has 1 fully saturated rings. The van der Waals surface area contributed by atoms with Crippen LogP contribution in [-0.4, -0.2) is 140 Å². The molecule has 0 saturated carbocycles. The zero-order chi connectivity index (χ0) is 41.5. The van der Waals surface area contributed by atoms with Gasteiger partial charge < -0.3 is 56.0 Å². The summed E-state index contributed by atoms with van der Waals surface area (Å²) < 4.78 is 61.9. The number of anilines is 1. The van der Waals surface area contributed by atoms with Gasteiger partial charge in [-0.2, -0.15) is 4.31 Å². The van der Waals surface area contributed by atoms with E-state index in [1.807, 2.05) is 0 Å². The minimum atomic E-state index is -5.59. The number of nitrogen functional groups attached to an aromatic ring is 1. The summed E-state index contributed by atoms with van der Waals surface area (Å²) in [5, 5.41) is 34.3. The van der Waals surface area contributed by atoms with Crippen molar-refractivity contribution in [3.63, 3.8) is 0 Å². The first-order valence-corrected chi connectivity index (χ1v) is 21.1. The fourth-order valence-electron chi connectivity index (χ4n) is 4.52. The van der Waals surface area contributed by atoms with Crippen LogP contribution in [0.25, 0.3) is 11.2 Å². The van der Waals surface area contributed by atoms with Gasteiger partial charge >= 0.3 is 23.5 Å². The van der Waals surface area contributed by atoms with Crippen LogP contribution in [0.4, 0.5) is 5.82 Å². The molecule has 55 heavy (non-hydrogen) atoms. The molecule has 2 amide bonds. The maximum Gasteiger partial charge on any atom is 0.481 e. The van der Waals surface area contributed by atoms with Gasteiger partial charge in [-0.1, -0.05) is 25.6 Å². The predicted molar refractivity (Wildman–Crippen MR) is 184 cm³/mol. The Kier molecular flexibility index (Phi) is 16.2. The van der Waals surface area contributed by atoms with Gasteiger partial charge in [0.25, 0.3) is 5.12 Å². The number of phosphoric acid groups is 3. The van der Waals surface area contributed by atoms with E-state index >= 15 is 0 Å². The summed E-state index contributed by atoms with van der Waals surface area (Å²) in [5.74, 6) is -2.60. The van der Waals surface area contributed by atoms with Crippen LogP contribution in [0.5, 0.6) is 0 Å². The molecule has 1 aliphatic heterocycles. The third kappa shape index (κ3) is 13.7. The minimum Gasteiger partial charge on any atom is -0.386 e. The fraction of sp³-hybridized carbons (Fsp3) is 0.640. The van der Waals surface area contributed by atoms with Crippen molar-refractivity contribution in [2.75, 3.05) is 37.8 Å². The Morgan fingerprint density at radius 2 is 1.69 bits per heavy atom. The fourth-order valence-corrected chi connectivity index (χ4v) is 8.05. The van der Waals surface area contributed by atoms with Crippen molar-refractivity contribution in [3.05, 3.63) is 12.7 Å². The molecular weight excluding hydrogens is 827 g/mol. The summed E-state index contributed by atoms with van der Waals surface area (Å²) in [7, 11) is -16.5. The number of carbonyl (C=O) groups excluding carboxylic acids is 4. The van der Waals surface area contributed by atoms with E-state index in [0.29, 0.717) is 11.8 Å². The number of ether oxygens (including phenoxy) is 1. The molecule has 8 atom stereocenters. The minimum absolute atomic E-state index is 0.0157. The molecule has 2 aromatic rings. The van der Waals surface area contributed by atoms with E-state index in [1.54, 1.807) is 0 Å². The van der Waals surface area contributed by atoms with E-state index in [1.165, 1.54) is 13.8 Å². The van der Waals surface area contributed by atoms with Gasteiger partial charge in [-0.15, -0.1) is 0 Å². The van der Waals surface area contributed by atoms with Gasteiger partial charge in [0.05, 0.1) is 19.5 Å². The predicted octanol–water partition coefficient (Wildman–Crippen LogP) is -2.39. The average Bonchev–Trinajstić information content (AvgIpc) is 3.64. The van der Waals surface area contributed by atoms with Crippen molar-refractivity contribution >= 4 is 74.9 Å². The first-order valence-electron chi connectivity index (χ1n) is 15.6.